The second-order valence-corrected chi connectivity index (χ2v) is 12.7. The number of benzene rings is 6. The van der Waals surface area contributed by atoms with Crippen LogP contribution in [0, 0.1) is 0 Å². The number of hydrogen-bond acceptors (Lipinski definition) is 4. The predicted molar refractivity (Wildman–Crippen MR) is 199 cm³/mol. The monoisotopic (exact) mass is 639 g/mol. The molecule has 2 aromatic heterocycles. The van der Waals surface area contributed by atoms with Gasteiger partial charge in [-0.25, -0.2) is 9.97 Å². The quantitative estimate of drug-likeness (QED) is 0.192. The third kappa shape index (κ3) is 4.22. The first kappa shape index (κ1) is 28.4. The fourth-order valence-electron chi connectivity index (χ4n) is 7.90. The second-order valence-electron chi connectivity index (χ2n) is 12.7. The maximum absolute atomic E-state index is 6.69. The second kappa shape index (κ2) is 11.2. The lowest BCUT2D eigenvalue weighted by molar-refractivity contribution is 0.436. The molecular weight excluding hydrogens is 611 g/mol. The first-order valence-electron chi connectivity index (χ1n) is 16.9. The smallest absolute Gasteiger partial charge is 0.160 e. The molecule has 0 saturated heterocycles. The fourth-order valence-corrected chi connectivity index (χ4v) is 7.90. The van der Waals surface area contributed by atoms with E-state index < -0.39 is 5.41 Å². The van der Waals surface area contributed by atoms with Crippen LogP contribution in [0.15, 0.2) is 176 Å². The van der Waals surface area contributed by atoms with Crippen LogP contribution in [0.5, 0.6) is 11.5 Å². The van der Waals surface area contributed by atoms with Crippen LogP contribution in [-0.2, 0) is 5.41 Å². The van der Waals surface area contributed by atoms with Crippen molar-refractivity contribution >= 4 is 0 Å². The summed E-state index contributed by atoms with van der Waals surface area (Å²) in [6.07, 6.45) is 1.86. The van der Waals surface area contributed by atoms with Crippen LogP contribution in [0.3, 0.4) is 0 Å². The van der Waals surface area contributed by atoms with Gasteiger partial charge in [-0.15, -0.1) is 0 Å². The molecule has 0 fully saturated rings. The highest BCUT2D eigenvalue weighted by Crippen LogP contribution is 2.62. The molecule has 0 bridgehead atoms. The Hall–Kier alpha value is -6.65. The highest BCUT2D eigenvalue weighted by atomic mass is 16.5. The Morgan fingerprint density at radius 3 is 1.72 bits per heavy atom. The molecule has 0 N–H and O–H groups in total. The highest BCUT2D eigenvalue weighted by Gasteiger charge is 2.51. The Balaban J connectivity index is 1.21. The number of nitrogens with zero attached hydrogens (tertiary/aromatic N) is 3. The third-order valence-electron chi connectivity index (χ3n) is 10.0. The van der Waals surface area contributed by atoms with E-state index >= 15 is 0 Å². The van der Waals surface area contributed by atoms with Crippen LogP contribution >= 0.6 is 0 Å². The van der Waals surface area contributed by atoms with E-state index in [2.05, 4.69) is 121 Å². The molecule has 0 unspecified atom stereocenters. The van der Waals surface area contributed by atoms with Crippen molar-refractivity contribution in [2.75, 3.05) is 0 Å². The molecular formula is C46H29N3O. The minimum absolute atomic E-state index is 0.557. The van der Waals surface area contributed by atoms with Crippen molar-refractivity contribution in [3.63, 3.8) is 0 Å². The molecule has 234 valence electrons. The molecule has 50 heavy (non-hydrogen) atoms. The van der Waals surface area contributed by atoms with E-state index in [1.54, 1.807) is 0 Å². The average molecular weight is 640 g/mol. The number of para-hydroxylation sites is 1. The summed E-state index contributed by atoms with van der Waals surface area (Å²) in [4.78, 5) is 15.2. The van der Waals surface area contributed by atoms with Gasteiger partial charge in [-0.2, -0.15) is 0 Å². The van der Waals surface area contributed by atoms with Crippen LogP contribution in [-0.4, -0.2) is 15.0 Å². The van der Waals surface area contributed by atoms with E-state index in [1.807, 2.05) is 54.7 Å². The molecule has 3 heterocycles. The van der Waals surface area contributed by atoms with E-state index in [1.165, 1.54) is 22.3 Å². The van der Waals surface area contributed by atoms with Crippen LogP contribution in [0.25, 0.3) is 56.3 Å². The number of pyridine rings is 1. The van der Waals surface area contributed by atoms with Crippen LogP contribution in [0.4, 0.5) is 0 Å². The van der Waals surface area contributed by atoms with Gasteiger partial charge in [0.2, 0.25) is 0 Å². The number of ether oxygens (including phenoxy) is 1. The maximum atomic E-state index is 6.69. The summed E-state index contributed by atoms with van der Waals surface area (Å²) in [5, 5.41) is 0. The van der Waals surface area contributed by atoms with E-state index in [0.717, 1.165) is 62.0 Å². The van der Waals surface area contributed by atoms with Gasteiger partial charge in [-0.3, -0.25) is 4.98 Å². The molecule has 2 aliphatic rings. The van der Waals surface area contributed by atoms with Gasteiger partial charge >= 0.3 is 0 Å². The van der Waals surface area contributed by atoms with E-state index in [9.17, 15) is 0 Å². The van der Waals surface area contributed by atoms with Gasteiger partial charge in [0.15, 0.2) is 5.82 Å². The summed E-state index contributed by atoms with van der Waals surface area (Å²) in [5.41, 5.74) is 13.1. The molecule has 4 heteroatoms. The fraction of sp³-hybridized carbons (Fsp3) is 0.0217. The van der Waals surface area contributed by atoms with Crippen molar-refractivity contribution in [2.45, 2.75) is 5.41 Å². The third-order valence-corrected chi connectivity index (χ3v) is 10.0. The molecule has 0 saturated carbocycles. The molecule has 0 atom stereocenters. The molecule has 6 aromatic carbocycles. The number of aromatic nitrogens is 3. The molecule has 8 aromatic rings. The van der Waals surface area contributed by atoms with Gasteiger partial charge < -0.3 is 4.74 Å². The molecule has 0 radical (unpaired) electrons. The Labute approximate surface area is 290 Å². The normalized spacial score (nSPS) is 13.1. The first-order valence-corrected chi connectivity index (χ1v) is 16.9. The van der Waals surface area contributed by atoms with Crippen molar-refractivity contribution in [3.8, 4) is 67.8 Å². The summed E-state index contributed by atoms with van der Waals surface area (Å²) >= 11 is 0. The molecule has 1 aliphatic carbocycles. The lowest BCUT2D eigenvalue weighted by Crippen LogP contribution is -2.32. The molecule has 1 aliphatic heterocycles. The molecule has 10 rings (SSSR count). The van der Waals surface area contributed by atoms with Crippen molar-refractivity contribution in [3.05, 3.63) is 198 Å². The standard InChI is InChI=1S/C46H29N3O/c1-3-14-30(15-4-1)40-29-41(49-45(48-40)31-16-5-2-6-17-31)35-20-13-27-47-44(35)32-25-26-43-39(28-32)46(38-23-11-12-24-42(38)50-43)36-21-9-7-18-33(36)34-19-8-10-22-37(34)46/h1-29H. The predicted octanol–water partition coefficient (Wildman–Crippen LogP) is 11.0. The zero-order valence-electron chi connectivity index (χ0n) is 27.0. The topological polar surface area (TPSA) is 47.9 Å². The number of rotatable bonds is 4. The van der Waals surface area contributed by atoms with Gasteiger partial charge in [0.25, 0.3) is 0 Å². The zero-order valence-corrected chi connectivity index (χ0v) is 27.0. The van der Waals surface area contributed by atoms with Gasteiger partial charge in [0.1, 0.15) is 11.5 Å². The molecule has 0 amide bonds. The molecule has 4 nitrogen and oxygen atoms in total. The minimum atomic E-state index is -0.557. The zero-order chi connectivity index (χ0) is 33.1. The minimum Gasteiger partial charge on any atom is -0.457 e. The van der Waals surface area contributed by atoms with E-state index in [4.69, 9.17) is 19.7 Å². The summed E-state index contributed by atoms with van der Waals surface area (Å²) in [7, 11) is 0. The summed E-state index contributed by atoms with van der Waals surface area (Å²) in [6, 6.07) is 59.2. The van der Waals surface area contributed by atoms with Crippen LogP contribution in [0.1, 0.15) is 22.3 Å². The Morgan fingerprint density at radius 2 is 0.980 bits per heavy atom. The van der Waals surface area contributed by atoms with Crippen molar-refractivity contribution < 1.29 is 4.74 Å². The number of hydrogen-bond donors (Lipinski definition) is 0. The Kier molecular flexibility index (Phi) is 6.36. The van der Waals surface area contributed by atoms with Crippen molar-refractivity contribution in [1.29, 1.82) is 0 Å². The largest absolute Gasteiger partial charge is 0.457 e. The van der Waals surface area contributed by atoms with E-state index in [0.29, 0.717) is 5.82 Å². The van der Waals surface area contributed by atoms with Gasteiger partial charge in [-0.05, 0) is 64.7 Å². The average Bonchev–Trinajstić information content (AvgIpc) is 3.49. The maximum Gasteiger partial charge on any atom is 0.160 e. The van der Waals surface area contributed by atoms with Crippen molar-refractivity contribution in [2.24, 2.45) is 0 Å². The van der Waals surface area contributed by atoms with Gasteiger partial charge in [0.05, 0.1) is 22.5 Å². The van der Waals surface area contributed by atoms with Crippen LogP contribution in [0.2, 0.25) is 0 Å². The Morgan fingerprint density at radius 1 is 0.400 bits per heavy atom. The molecule has 1 spiro atoms. The summed E-state index contributed by atoms with van der Waals surface area (Å²) in [5.74, 6) is 2.39. The summed E-state index contributed by atoms with van der Waals surface area (Å²) < 4.78 is 6.69. The first-order chi connectivity index (χ1) is 24.8. The lowest BCUT2D eigenvalue weighted by Gasteiger charge is -2.39. The Bertz CT molecular complexity index is 2480. The SMILES string of the molecule is c1ccc(-c2cc(-c3cccnc3-c3ccc4c(c3)C3(c5ccccc5O4)c4ccccc4-c4ccccc43)nc(-c3ccccc3)n2)cc1. The number of fused-ring (bicyclic) bond motifs is 9. The van der Waals surface area contributed by atoms with Crippen molar-refractivity contribution in [1.82, 2.24) is 15.0 Å². The highest BCUT2D eigenvalue weighted by molar-refractivity contribution is 5.90. The van der Waals surface area contributed by atoms with Crippen LogP contribution < -0.4 is 4.74 Å². The van der Waals surface area contributed by atoms with Gasteiger partial charge in [-0.1, -0.05) is 127 Å². The lowest BCUT2D eigenvalue weighted by atomic mass is 9.66. The van der Waals surface area contributed by atoms with Gasteiger partial charge in [0, 0.05) is 39.6 Å². The van der Waals surface area contributed by atoms with E-state index in [-0.39, 0.29) is 0 Å². The summed E-state index contributed by atoms with van der Waals surface area (Å²) in [6.45, 7) is 0.